The molecule has 86 valence electrons. The summed E-state index contributed by atoms with van der Waals surface area (Å²) in [6.45, 7) is 6.91. The van der Waals surface area contributed by atoms with Crippen LogP contribution in [0.3, 0.4) is 0 Å². The SMILES string of the molecule is CC(C)CNC(C)C(=O)c1ccco1.Cl. The topological polar surface area (TPSA) is 42.2 Å². The van der Waals surface area contributed by atoms with E-state index in [4.69, 9.17) is 4.42 Å². The van der Waals surface area contributed by atoms with Gasteiger partial charge in [-0.3, -0.25) is 4.79 Å². The summed E-state index contributed by atoms with van der Waals surface area (Å²) in [7, 11) is 0. The molecule has 1 aromatic rings. The summed E-state index contributed by atoms with van der Waals surface area (Å²) in [5, 5.41) is 3.16. The summed E-state index contributed by atoms with van der Waals surface area (Å²) in [5.74, 6) is 0.978. The Bertz CT molecular complexity index is 283. The van der Waals surface area contributed by atoms with Gasteiger partial charge in [-0.15, -0.1) is 12.4 Å². The van der Waals surface area contributed by atoms with Gasteiger partial charge in [0, 0.05) is 0 Å². The molecule has 0 saturated heterocycles. The fraction of sp³-hybridized carbons (Fsp3) is 0.545. The van der Waals surface area contributed by atoms with Crippen molar-refractivity contribution in [2.24, 2.45) is 5.92 Å². The molecule has 0 saturated carbocycles. The Morgan fingerprint density at radius 3 is 2.60 bits per heavy atom. The van der Waals surface area contributed by atoms with Crippen LogP contribution in [-0.4, -0.2) is 18.4 Å². The van der Waals surface area contributed by atoms with E-state index >= 15 is 0 Å². The van der Waals surface area contributed by atoms with Gasteiger partial charge in [-0.2, -0.15) is 0 Å². The number of carbonyl (C=O) groups excluding carboxylic acids is 1. The lowest BCUT2D eigenvalue weighted by Crippen LogP contribution is -2.36. The second kappa shape index (κ2) is 6.64. The normalized spacial score (nSPS) is 12.3. The minimum atomic E-state index is -0.177. The molecule has 0 aliphatic carbocycles. The zero-order valence-electron chi connectivity index (χ0n) is 9.32. The maximum absolute atomic E-state index is 11.7. The monoisotopic (exact) mass is 231 g/mol. The van der Waals surface area contributed by atoms with Crippen LogP contribution in [0.4, 0.5) is 0 Å². The van der Waals surface area contributed by atoms with E-state index in [0.29, 0.717) is 11.7 Å². The van der Waals surface area contributed by atoms with E-state index in [1.807, 2.05) is 6.92 Å². The van der Waals surface area contributed by atoms with Crippen LogP contribution < -0.4 is 5.32 Å². The van der Waals surface area contributed by atoms with E-state index < -0.39 is 0 Å². The summed E-state index contributed by atoms with van der Waals surface area (Å²) in [5.41, 5.74) is 0. The molecule has 0 aliphatic rings. The molecule has 3 nitrogen and oxygen atoms in total. The van der Waals surface area contributed by atoms with Gasteiger partial charge in [-0.1, -0.05) is 13.8 Å². The molecule has 0 aliphatic heterocycles. The van der Waals surface area contributed by atoms with Crippen molar-refractivity contribution in [3.8, 4) is 0 Å². The van der Waals surface area contributed by atoms with Gasteiger partial charge in [-0.05, 0) is 31.5 Å². The van der Waals surface area contributed by atoms with Crippen LogP contribution in [0, 0.1) is 5.92 Å². The second-order valence-corrected chi connectivity index (χ2v) is 3.87. The lowest BCUT2D eigenvalue weighted by Gasteiger charge is -2.12. The Kier molecular flexibility index (Phi) is 6.29. The standard InChI is InChI=1S/C11H17NO2.ClH/c1-8(2)7-12-9(3)11(13)10-5-4-6-14-10;/h4-6,8-9,12H,7H2,1-3H3;1H. The van der Waals surface area contributed by atoms with Gasteiger partial charge < -0.3 is 9.73 Å². The van der Waals surface area contributed by atoms with Gasteiger partial charge in [0.2, 0.25) is 5.78 Å². The third kappa shape index (κ3) is 4.49. The van der Waals surface area contributed by atoms with Crippen LogP contribution in [0.15, 0.2) is 22.8 Å². The highest BCUT2D eigenvalue weighted by Gasteiger charge is 2.16. The van der Waals surface area contributed by atoms with Crippen LogP contribution in [-0.2, 0) is 0 Å². The highest BCUT2D eigenvalue weighted by molar-refractivity contribution is 5.97. The van der Waals surface area contributed by atoms with Gasteiger partial charge in [-0.25, -0.2) is 0 Å². The molecule has 4 heteroatoms. The lowest BCUT2D eigenvalue weighted by molar-refractivity contribution is 0.0922. The molecule has 0 amide bonds. The maximum atomic E-state index is 11.7. The predicted molar refractivity (Wildman–Crippen MR) is 62.6 cm³/mol. The Morgan fingerprint density at radius 2 is 2.13 bits per heavy atom. The van der Waals surface area contributed by atoms with Gasteiger partial charge >= 0.3 is 0 Å². The molecule has 1 rings (SSSR count). The molecule has 15 heavy (non-hydrogen) atoms. The van der Waals surface area contributed by atoms with Gasteiger partial charge in [0.15, 0.2) is 5.76 Å². The van der Waals surface area contributed by atoms with E-state index in [0.717, 1.165) is 6.54 Å². The Balaban J connectivity index is 0.00000196. The zero-order valence-corrected chi connectivity index (χ0v) is 10.1. The first-order chi connectivity index (χ1) is 6.61. The number of hydrogen-bond donors (Lipinski definition) is 1. The fourth-order valence-electron chi connectivity index (χ4n) is 1.14. The lowest BCUT2D eigenvalue weighted by atomic mass is 10.1. The third-order valence-electron chi connectivity index (χ3n) is 1.99. The van der Waals surface area contributed by atoms with Crippen LogP contribution in [0.2, 0.25) is 0 Å². The smallest absolute Gasteiger partial charge is 0.214 e. The average Bonchev–Trinajstić information content (AvgIpc) is 2.65. The number of Topliss-reactive ketones (excluding diaryl/α,β-unsaturated/α-hetero) is 1. The maximum Gasteiger partial charge on any atom is 0.214 e. The van der Waals surface area contributed by atoms with Crippen molar-refractivity contribution >= 4 is 18.2 Å². The average molecular weight is 232 g/mol. The molecule has 0 spiro atoms. The van der Waals surface area contributed by atoms with Crippen molar-refractivity contribution in [2.75, 3.05) is 6.54 Å². The van der Waals surface area contributed by atoms with Crippen LogP contribution >= 0.6 is 12.4 Å². The molecule has 1 aromatic heterocycles. The highest BCUT2D eigenvalue weighted by atomic mass is 35.5. The van der Waals surface area contributed by atoms with Crippen molar-refractivity contribution < 1.29 is 9.21 Å². The number of rotatable bonds is 5. The van der Waals surface area contributed by atoms with Crippen molar-refractivity contribution in [1.82, 2.24) is 5.32 Å². The molecular formula is C11H18ClNO2. The first-order valence-electron chi connectivity index (χ1n) is 4.92. The van der Waals surface area contributed by atoms with Crippen LogP contribution in [0.5, 0.6) is 0 Å². The molecule has 1 unspecified atom stereocenters. The van der Waals surface area contributed by atoms with Crippen LogP contribution in [0.25, 0.3) is 0 Å². The number of halogens is 1. The third-order valence-corrected chi connectivity index (χ3v) is 1.99. The summed E-state index contributed by atoms with van der Waals surface area (Å²) in [6.07, 6.45) is 1.52. The van der Waals surface area contributed by atoms with Gasteiger partial charge in [0.25, 0.3) is 0 Å². The van der Waals surface area contributed by atoms with E-state index in [1.54, 1.807) is 12.1 Å². The number of hydrogen-bond acceptors (Lipinski definition) is 3. The Morgan fingerprint density at radius 1 is 1.47 bits per heavy atom. The van der Waals surface area contributed by atoms with E-state index in [2.05, 4.69) is 19.2 Å². The summed E-state index contributed by atoms with van der Waals surface area (Å²) >= 11 is 0. The summed E-state index contributed by atoms with van der Waals surface area (Å²) in [4.78, 5) is 11.7. The molecule has 1 atom stereocenters. The molecule has 1 N–H and O–H groups in total. The number of ketones is 1. The second-order valence-electron chi connectivity index (χ2n) is 3.87. The summed E-state index contributed by atoms with van der Waals surface area (Å²) in [6, 6.07) is 3.24. The van der Waals surface area contributed by atoms with Crippen molar-refractivity contribution in [2.45, 2.75) is 26.8 Å². The fourth-order valence-corrected chi connectivity index (χ4v) is 1.14. The predicted octanol–water partition coefficient (Wildman–Crippen LogP) is 2.52. The van der Waals surface area contributed by atoms with E-state index in [-0.39, 0.29) is 24.2 Å². The van der Waals surface area contributed by atoms with Crippen molar-refractivity contribution in [3.05, 3.63) is 24.2 Å². The highest BCUT2D eigenvalue weighted by Crippen LogP contribution is 2.04. The minimum absolute atomic E-state index is 0. The Hall–Kier alpha value is -0.800. The van der Waals surface area contributed by atoms with Gasteiger partial charge in [0.05, 0.1) is 12.3 Å². The van der Waals surface area contributed by atoms with E-state index in [1.165, 1.54) is 6.26 Å². The number of carbonyl (C=O) groups is 1. The molecule has 0 radical (unpaired) electrons. The summed E-state index contributed by atoms with van der Waals surface area (Å²) < 4.78 is 5.03. The molecule has 0 aromatic carbocycles. The molecule has 0 fully saturated rings. The largest absolute Gasteiger partial charge is 0.461 e. The number of furan rings is 1. The minimum Gasteiger partial charge on any atom is -0.461 e. The van der Waals surface area contributed by atoms with Crippen molar-refractivity contribution in [1.29, 1.82) is 0 Å². The Labute approximate surface area is 96.6 Å². The van der Waals surface area contributed by atoms with E-state index in [9.17, 15) is 4.79 Å². The van der Waals surface area contributed by atoms with Crippen LogP contribution in [0.1, 0.15) is 31.3 Å². The molecule has 1 heterocycles. The molecule has 0 bridgehead atoms. The first-order valence-corrected chi connectivity index (χ1v) is 4.92. The van der Waals surface area contributed by atoms with Crippen molar-refractivity contribution in [3.63, 3.8) is 0 Å². The van der Waals surface area contributed by atoms with Gasteiger partial charge in [0.1, 0.15) is 0 Å². The molecular weight excluding hydrogens is 214 g/mol. The zero-order chi connectivity index (χ0) is 10.6. The first kappa shape index (κ1) is 14.2. The number of nitrogens with one attached hydrogen (secondary N) is 1. The quantitative estimate of drug-likeness (QED) is 0.792.